The van der Waals surface area contributed by atoms with Crippen molar-refractivity contribution in [2.24, 2.45) is 5.73 Å². The van der Waals surface area contributed by atoms with E-state index in [9.17, 15) is 0 Å². The summed E-state index contributed by atoms with van der Waals surface area (Å²) in [6.07, 6.45) is 1.08. The lowest BCUT2D eigenvalue weighted by Crippen LogP contribution is -2.44. The minimum absolute atomic E-state index is 0.308. The molecule has 2 unspecified atom stereocenters. The average molecular weight is 172 g/mol. The quantitative estimate of drug-likeness (QED) is 0.671. The van der Waals surface area contributed by atoms with E-state index in [2.05, 4.69) is 18.7 Å². The van der Waals surface area contributed by atoms with E-state index in [0.717, 1.165) is 32.7 Å². The molecule has 2 N–H and O–H groups in total. The van der Waals surface area contributed by atoms with Gasteiger partial charge in [-0.1, -0.05) is 0 Å². The molecule has 0 aliphatic carbocycles. The number of hydrogen-bond donors (Lipinski definition) is 1. The molecule has 0 saturated carbocycles. The summed E-state index contributed by atoms with van der Waals surface area (Å²) in [5, 5.41) is 0. The zero-order valence-corrected chi connectivity index (χ0v) is 8.12. The summed E-state index contributed by atoms with van der Waals surface area (Å²) in [6, 6.07) is 0.914. The number of hydrogen-bond acceptors (Lipinski definition) is 3. The van der Waals surface area contributed by atoms with Gasteiger partial charge in [0.05, 0.1) is 13.2 Å². The van der Waals surface area contributed by atoms with Gasteiger partial charge in [0.1, 0.15) is 0 Å². The Morgan fingerprint density at radius 3 is 2.42 bits per heavy atom. The Bertz CT molecular complexity index is 122. The Labute approximate surface area is 74.9 Å². The van der Waals surface area contributed by atoms with Crippen LogP contribution in [0.4, 0.5) is 0 Å². The molecule has 0 bridgehead atoms. The lowest BCUT2D eigenvalue weighted by molar-refractivity contribution is 0.0177. The first-order chi connectivity index (χ1) is 5.70. The topological polar surface area (TPSA) is 38.5 Å². The predicted octanol–water partition coefficient (Wildman–Crippen LogP) is 0.444. The van der Waals surface area contributed by atoms with Crippen molar-refractivity contribution in [2.75, 3.05) is 26.3 Å². The largest absolute Gasteiger partial charge is 0.379 e. The van der Waals surface area contributed by atoms with Crippen molar-refractivity contribution in [3.8, 4) is 0 Å². The summed E-state index contributed by atoms with van der Waals surface area (Å²) in [6.45, 7) is 8.19. The van der Waals surface area contributed by atoms with Crippen molar-refractivity contribution in [3.05, 3.63) is 0 Å². The maximum Gasteiger partial charge on any atom is 0.0594 e. The summed E-state index contributed by atoms with van der Waals surface area (Å²) in [4.78, 5) is 2.45. The van der Waals surface area contributed by atoms with Crippen LogP contribution in [0.2, 0.25) is 0 Å². The van der Waals surface area contributed by atoms with E-state index in [4.69, 9.17) is 10.5 Å². The van der Waals surface area contributed by atoms with Gasteiger partial charge in [0.2, 0.25) is 0 Å². The van der Waals surface area contributed by atoms with Crippen LogP contribution >= 0.6 is 0 Å². The van der Waals surface area contributed by atoms with Crippen LogP contribution in [-0.2, 0) is 4.74 Å². The second-order valence-corrected chi connectivity index (χ2v) is 3.71. The number of rotatable bonds is 3. The minimum Gasteiger partial charge on any atom is -0.379 e. The molecule has 1 aliphatic heterocycles. The standard InChI is InChI=1S/C9H20N2O/c1-8(10)7-9(2)11-3-5-12-6-4-11/h8-9H,3-7,10H2,1-2H3. The summed E-state index contributed by atoms with van der Waals surface area (Å²) in [7, 11) is 0. The molecule has 1 saturated heterocycles. The van der Waals surface area contributed by atoms with Gasteiger partial charge in [-0.2, -0.15) is 0 Å². The fourth-order valence-corrected chi connectivity index (χ4v) is 1.71. The summed E-state index contributed by atoms with van der Waals surface area (Å²) in [5.41, 5.74) is 5.74. The minimum atomic E-state index is 0.308. The van der Waals surface area contributed by atoms with E-state index in [1.165, 1.54) is 0 Å². The molecule has 0 aromatic carbocycles. The molecular weight excluding hydrogens is 152 g/mol. The molecule has 0 amide bonds. The molecule has 72 valence electrons. The van der Waals surface area contributed by atoms with Gasteiger partial charge in [-0.05, 0) is 20.3 Å². The van der Waals surface area contributed by atoms with Crippen molar-refractivity contribution >= 4 is 0 Å². The van der Waals surface area contributed by atoms with Crippen molar-refractivity contribution in [3.63, 3.8) is 0 Å². The van der Waals surface area contributed by atoms with Crippen molar-refractivity contribution in [2.45, 2.75) is 32.4 Å². The van der Waals surface area contributed by atoms with Crippen molar-refractivity contribution < 1.29 is 4.74 Å². The van der Waals surface area contributed by atoms with Gasteiger partial charge in [-0.3, -0.25) is 4.90 Å². The Balaban J connectivity index is 2.24. The predicted molar refractivity (Wildman–Crippen MR) is 50.1 cm³/mol. The first-order valence-electron chi connectivity index (χ1n) is 4.77. The highest BCUT2D eigenvalue weighted by Gasteiger charge is 2.17. The van der Waals surface area contributed by atoms with Gasteiger partial charge in [-0.15, -0.1) is 0 Å². The fourth-order valence-electron chi connectivity index (χ4n) is 1.71. The normalized spacial score (nSPS) is 25.2. The molecule has 0 aromatic heterocycles. The highest BCUT2D eigenvalue weighted by atomic mass is 16.5. The maximum atomic E-state index is 5.74. The molecule has 0 aromatic rings. The van der Waals surface area contributed by atoms with E-state index >= 15 is 0 Å². The fraction of sp³-hybridized carbons (Fsp3) is 1.00. The van der Waals surface area contributed by atoms with Crippen LogP contribution < -0.4 is 5.73 Å². The second kappa shape index (κ2) is 4.80. The molecule has 1 aliphatic rings. The summed E-state index contributed by atoms with van der Waals surface area (Å²) < 4.78 is 5.28. The number of nitrogens with zero attached hydrogens (tertiary/aromatic N) is 1. The molecule has 12 heavy (non-hydrogen) atoms. The lowest BCUT2D eigenvalue weighted by Gasteiger charge is -2.33. The van der Waals surface area contributed by atoms with E-state index in [1.54, 1.807) is 0 Å². The second-order valence-electron chi connectivity index (χ2n) is 3.71. The van der Waals surface area contributed by atoms with Crippen LogP contribution in [0.3, 0.4) is 0 Å². The zero-order valence-electron chi connectivity index (χ0n) is 8.12. The molecule has 3 nitrogen and oxygen atoms in total. The van der Waals surface area contributed by atoms with Gasteiger partial charge >= 0.3 is 0 Å². The highest BCUT2D eigenvalue weighted by Crippen LogP contribution is 2.07. The Kier molecular flexibility index (Phi) is 3.98. The third kappa shape index (κ3) is 3.09. The van der Waals surface area contributed by atoms with Crippen LogP contribution in [0.5, 0.6) is 0 Å². The van der Waals surface area contributed by atoms with Crippen LogP contribution in [0, 0.1) is 0 Å². The van der Waals surface area contributed by atoms with Gasteiger partial charge in [-0.25, -0.2) is 0 Å². The number of ether oxygens (including phenoxy) is 1. The smallest absolute Gasteiger partial charge is 0.0594 e. The van der Waals surface area contributed by atoms with E-state index in [1.807, 2.05) is 0 Å². The molecule has 1 fully saturated rings. The van der Waals surface area contributed by atoms with Crippen LogP contribution in [0.25, 0.3) is 0 Å². The van der Waals surface area contributed by atoms with Gasteiger partial charge < -0.3 is 10.5 Å². The molecule has 1 rings (SSSR count). The number of morpholine rings is 1. The van der Waals surface area contributed by atoms with Gasteiger partial charge in [0.15, 0.2) is 0 Å². The number of nitrogens with two attached hydrogens (primary N) is 1. The van der Waals surface area contributed by atoms with Gasteiger partial charge in [0, 0.05) is 25.2 Å². The first kappa shape index (κ1) is 9.96. The van der Waals surface area contributed by atoms with E-state index in [-0.39, 0.29) is 0 Å². The highest BCUT2D eigenvalue weighted by molar-refractivity contribution is 4.72. The van der Waals surface area contributed by atoms with Crippen molar-refractivity contribution in [1.82, 2.24) is 4.90 Å². The molecule has 0 spiro atoms. The summed E-state index contributed by atoms with van der Waals surface area (Å²) in [5.74, 6) is 0. The van der Waals surface area contributed by atoms with E-state index < -0.39 is 0 Å². The van der Waals surface area contributed by atoms with E-state index in [0.29, 0.717) is 12.1 Å². The molecular formula is C9H20N2O. The van der Waals surface area contributed by atoms with Crippen LogP contribution in [0.15, 0.2) is 0 Å². The summed E-state index contributed by atoms with van der Waals surface area (Å²) >= 11 is 0. The SMILES string of the molecule is CC(N)CC(C)N1CCOCC1. The maximum absolute atomic E-state index is 5.74. The van der Waals surface area contributed by atoms with Crippen LogP contribution in [0.1, 0.15) is 20.3 Å². The zero-order chi connectivity index (χ0) is 8.97. The van der Waals surface area contributed by atoms with Gasteiger partial charge in [0.25, 0.3) is 0 Å². The third-order valence-corrected chi connectivity index (χ3v) is 2.38. The monoisotopic (exact) mass is 172 g/mol. The Hall–Kier alpha value is -0.120. The molecule has 0 radical (unpaired) electrons. The average Bonchev–Trinajstić information content (AvgIpc) is 2.05. The molecule has 2 atom stereocenters. The third-order valence-electron chi connectivity index (χ3n) is 2.38. The first-order valence-corrected chi connectivity index (χ1v) is 4.77. The molecule has 3 heteroatoms. The Morgan fingerprint density at radius 1 is 1.33 bits per heavy atom. The molecule has 1 heterocycles. The Morgan fingerprint density at radius 2 is 1.92 bits per heavy atom. The van der Waals surface area contributed by atoms with Crippen LogP contribution in [-0.4, -0.2) is 43.3 Å². The van der Waals surface area contributed by atoms with Crippen molar-refractivity contribution in [1.29, 1.82) is 0 Å². The lowest BCUT2D eigenvalue weighted by atomic mass is 10.1.